The number of hydrogen-bond acceptors (Lipinski definition) is 9. The van der Waals surface area contributed by atoms with Crippen molar-refractivity contribution in [2.24, 2.45) is 5.92 Å². The Morgan fingerprint density at radius 3 is 2.15 bits per heavy atom. The Hall–Kier alpha value is -2.56. The predicted octanol–water partition coefficient (Wildman–Crippen LogP) is 5.63. The van der Waals surface area contributed by atoms with Crippen LogP contribution in [-0.4, -0.2) is 78.4 Å². The van der Waals surface area contributed by atoms with Crippen LogP contribution in [0.4, 0.5) is 9.59 Å². The lowest BCUT2D eigenvalue weighted by atomic mass is 10.1. The maximum Gasteiger partial charge on any atom is 0.420 e. The molecule has 220 valence electrons. The van der Waals surface area contributed by atoms with Crippen molar-refractivity contribution in [3.8, 4) is 5.75 Å². The molecule has 10 nitrogen and oxygen atoms in total. The molecule has 1 aromatic rings. The van der Waals surface area contributed by atoms with Gasteiger partial charge in [0.1, 0.15) is 29.2 Å². The Labute approximate surface area is 236 Å². The SMILES string of the molecule is CC(C)CO[C@H]1COC[C@H](N(C(=O)OC(C)(C)C)C(=O)OC(C)(C)C)C(=O)O[C@@H](C)[C@@H]1Oc1cccc(Cl)c1. The zero-order chi connectivity index (χ0) is 29.5. The Balaban J connectivity index is 2.42. The number of ether oxygens (including phenoxy) is 6. The summed E-state index contributed by atoms with van der Waals surface area (Å²) in [5.41, 5.74) is -1.89. The van der Waals surface area contributed by atoms with Gasteiger partial charge in [-0.2, -0.15) is 4.90 Å². The fraction of sp³-hybridized carbons (Fsp3) is 0.679. The van der Waals surface area contributed by atoms with Gasteiger partial charge in [0, 0.05) is 11.6 Å². The Morgan fingerprint density at radius 1 is 1.05 bits per heavy atom. The highest BCUT2D eigenvalue weighted by Crippen LogP contribution is 2.25. The highest BCUT2D eigenvalue weighted by molar-refractivity contribution is 6.30. The summed E-state index contributed by atoms with van der Waals surface area (Å²) in [6.45, 7) is 15.5. The van der Waals surface area contributed by atoms with Crippen LogP contribution >= 0.6 is 11.6 Å². The number of halogens is 1. The van der Waals surface area contributed by atoms with Crippen molar-refractivity contribution in [1.29, 1.82) is 0 Å². The molecule has 1 fully saturated rings. The highest BCUT2D eigenvalue weighted by Gasteiger charge is 2.44. The molecule has 1 aliphatic heterocycles. The molecule has 1 aromatic carbocycles. The van der Waals surface area contributed by atoms with E-state index in [1.165, 1.54) is 0 Å². The van der Waals surface area contributed by atoms with Crippen LogP contribution in [0.5, 0.6) is 5.75 Å². The van der Waals surface area contributed by atoms with E-state index in [0.717, 1.165) is 0 Å². The average molecular weight is 572 g/mol. The van der Waals surface area contributed by atoms with Gasteiger partial charge in [-0.3, -0.25) is 0 Å². The molecule has 1 aliphatic rings. The molecule has 2 amide bonds. The number of carbonyl (C=O) groups is 3. The van der Waals surface area contributed by atoms with Gasteiger partial charge in [-0.25, -0.2) is 14.4 Å². The van der Waals surface area contributed by atoms with E-state index < -0.39 is 53.7 Å². The quantitative estimate of drug-likeness (QED) is 0.317. The lowest BCUT2D eigenvalue weighted by Gasteiger charge is -2.33. The maximum atomic E-state index is 13.5. The van der Waals surface area contributed by atoms with Gasteiger partial charge in [-0.05, 0) is 72.6 Å². The number of carbonyl (C=O) groups excluding carboxylic acids is 3. The smallest absolute Gasteiger partial charge is 0.420 e. The second-order valence-electron chi connectivity index (χ2n) is 11.8. The van der Waals surface area contributed by atoms with E-state index in [1.807, 2.05) is 13.8 Å². The second kappa shape index (κ2) is 13.7. The lowest BCUT2D eigenvalue weighted by molar-refractivity contribution is -0.162. The van der Waals surface area contributed by atoms with Crippen molar-refractivity contribution in [3.63, 3.8) is 0 Å². The minimum atomic E-state index is -1.48. The van der Waals surface area contributed by atoms with Gasteiger partial charge in [-0.15, -0.1) is 0 Å². The number of esters is 1. The van der Waals surface area contributed by atoms with Gasteiger partial charge < -0.3 is 28.4 Å². The summed E-state index contributed by atoms with van der Waals surface area (Å²) in [5, 5.41) is 0.474. The molecular formula is C28H42ClNO9. The molecule has 0 N–H and O–H groups in total. The van der Waals surface area contributed by atoms with Crippen molar-refractivity contribution < 1.29 is 42.8 Å². The van der Waals surface area contributed by atoms with Crippen molar-refractivity contribution >= 4 is 29.8 Å². The molecule has 0 aliphatic carbocycles. The van der Waals surface area contributed by atoms with Crippen LogP contribution in [0, 0.1) is 5.92 Å². The van der Waals surface area contributed by atoms with Crippen LogP contribution in [0.15, 0.2) is 24.3 Å². The van der Waals surface area contributed by atoms with Crippen LogP contribution in [0.25, 0.3) is 0 Å². The fourth-order valence-electron chi connectivity index (χ4n) is 3.55. The third-order valence-electron chi connectivity index (χ3n) is 5.16. The van der Waals surface area contributed by atoms with Gasteiger partial charge in [0.05, 0.1) is 13.2 Å². The summed E-state index contributed by atoms with van der Waals surface area (Å²) < 4.78 is 34.8. The number of nitrogens with zero attached hydrogens (tertiary/aromatic N) is 1. The van der Waals surface area contributed by atoms with Crippen molar-refractivity contribution in [2.75, 3.05) is 19.8 Å². The van der Waals surface area contributed by atoms with E-state index in [-0.39, 0.29) is 19.1 Å². The molecule has 0 bridgehead atoms. The van der Waals surface area contributed by atoms with Crippen LogP contribution in [0.1, 0.15) is 62.3 Å². The number of cyclic esters (lactones) is 1. The number of amides is 2. The standard InChI is InChI=1S/C28H42ClNO9/c1-17(2)14-35-22-16-34-15-21(30(25(32)38-27(4,5)6)26(33)39-28(7,8)9)24(31)36-18(3)23(22)37-20-12-10-11-19(29)13-20/h10-13,17-18,21-23H,14-16H2,1-9H3/t18-,21-,22-,23-/m0/s1. The first-order valence-corrected chi connectivity index (χ1v) is 13.4. The number of hydrogen-bond donors (Lipinski definition) is 0. The minimum Gasteiger partial charge on any atom is -0.484 e. The Bertz CT molecular complexity index is 958. The third-order valence-corrected chi connectivity index (χ3v) is 5.40. The molecule has 1 heterocycles. The highest BCUT2D eigenvalue weighted by atomic mass is 35.5. The summed E-state index contributed by atoms with van der Waals surface area (Å²) in [4.78, 5) is 40.4. The van der Waals surface area contributed by atoms with Crippen LogP contribution < -0.4 is 4.74 Å². The molecule has 2 rings (SSSR count). The first-order chi connectivity index (χ1) is 18.0. The minimum absolute atomic E-state index is 0.00803. The van der Waals surface area contributed by atoms with Crippen molar-refractivity contribution in [2.45, 2.75) is 97.9 Å². The van der Waals surface area contributed by atoms with Gasteiger partial charge in [0.2, 0.25) is 0 Å². The van der Waals surface area contributed by atoms with E-state index in [9.17, 15) is 14.4 Å². The normalized spacial score (nSPS) is 22.7. The molecule has 0 spiro atoms. The molecule has 0 saturated carbocycles. The lowest BCUT2D eigenvalue weighted by Crippen LogP contribution is -2.54. The molecule has 0 radical (unpaired) electrons. The molecule has 39 heavy (non-hydrogen) atoms. The monoisotopic (exact) mass is 571 g/mol. The summed E-state index contributed by atoms with van der Waals surface area (Å²) >= 11 is 6.14. The topological polar surface area (TPSA) is 110 Å². The van der Waals surface area contributed by atoms with Gasteiger partial charge in [-0.1, -0.05) is 31.5 Å². The van der Waals surface area contributed by atoms with E-state index in [1.54, 1.807) is 72.7 Å². The first-order valence-electron chi connectivity index (χ1n) is 13.0. The van der Waals surface area contributed by atoms with Crippen molar-refractivity contribution in [3.05, 3.63) is 29.3 Å². The summed E-state index contributed by atoms with van der Waals surface area (Å²) in [6, 6.07) is 5.33. The van der Waals surface area contributed by atoms with E-state index >= 15 is 0 Å². The zero-order valence-electron chi connectivity index (χ0n) is 24.3. The fourth-order valence-corrected chi connectivity index (χ4v) is 3.73. The summed E-state index contributed by atoms with van der Waals surface area (Å²) in [5.74, 6) is -0.221. The zero-order valence-corrected chi connectivity index (χ0v) is 25.1. The Morgan fingerprint density at radius 2 is 1.64 bits per heavy atom. The third kappa shape index (κ3) is 10.8. The molecule has 11 heteroatoms. The van der Waals surface area contributed by atoms with E-state index in [2.05, 4.69) is 0 Å². The predicted molar refractivity (Wildman–Crippen MR) is 145 cm³/mol. The van der Waals surface area contributed by atoms with E-state index in [0.29, 0.717) is 22.3 Å². The first kappa shape index (κ1) is 32.7. The summed E-state index contributed by atoms with van der Waals surface area (Å²) in [7, 11) is 0. The van der Waals surface area contributed by atoms with Gasteiger partial charge in [0.25, 0.3) is 0 Å². The molecule has 4 atom stereocenters. The molecule has 1 saturated heterocycles. The number of imide groups is 1. The number of benzene rings is 1. The Kier molecular flexibility index (Phi) is 11.4. The second-order valence-corrected chi connectivity index (χ2v) is 12.3. The van der Waals surface area contributed by atoms with Crippen LogP contribution in [0.3, 0.4) is 0 Å². The van der Waals surface area contributed by atoms with Crippen LogP contribution in [-0.2, 0) is 28.5 Å². The molecule has 0 aromatic heterocycles. The van der Waals surface area contributed by atoms with Crippen molar-refractivity contribution in [1.82, 2.24) is 4.90 Å². The average Bonchev–Trinajstić information content (AvgIpc) is 2.80. The molecular weight excluding hydrogens is 530 g/mol. The molecule has 0 unspecified atom stereocenters. The van der Waals surface area contributed by atoms with Gasteiger partial charge >= 0.3 is 18.2 Å². The maximum absolute atomic E-state index is 13.5. The van der Waals surface area contributed by atoms with Gasteiger partial charge in [0.15, 0.2) is 12.1 Å². The number of rotatable bonds is 6. The largest absolute Gasteiger partial charge is 0.484 e. The summed E-state index contributed by atoms with van der Waals surface area (Å²) in [6.07, 6.45) is -4.43. The van der Waals surface area contributed by atoms with Crippen LogP contribution in [0.2, 0.25) is 5.02 Å². The van der Waals surface area contributed by atoms with E-state index in [4.69, 9.17) is 40.0 Å².